The number of nitrogens with zero attached hydrogens (tertiary/aromatic N) is 1. The summed E-state index contributed by atoms with van der Waals surface area (Å²) in [6, 6.07) is 10.1. The molecule has 1 saturated heterocycles. The average molecular weight is 451 g/mol. The van der Waals surface area contributed by atoms with Gasteiger partial charge in [0.05, 0.1) is 22.0 Å². The predicted molar refractivity (Wildman–Crippen MR) is 118 cm³/mol. The lowest BCUT2D eigenvalue weighted by atomic mass is 9.86. The van der Waals surface area contributed by atoms with E-state index in [0.29, 0.717) is 16.8 Å². The zero-order chi connectivity index (χ0) is 22.5. The molecule has 0 spiro atoms. The van der Waals surface area contributed by atoms with Crippen LogP contribution in [0.5, 0.6) is 0 Å². The first-order valence-corrected chi connectivity index (χ1v) is 12.6. The monoisotopic (exact) mass is 450 g/mol. The van der Waals surface area contributed by atoms with E-state index in [9.17, 15) is 21.6 Å². The molecule has 9 heteroatoms. The highest BCUT2D eigenvalue weighted by atomic mass is 32.2. The van der Waals surface area contributed by atoms with Gasteiger partial charge in [0.1, 0.15) is 0 Å². The van der Waals surface area contributed by atoms with Crippen LogP contribution >= 0.6 is 0 Å². The molecule has 30 heavy (non-hydrogen) atoms. The second-order valence-corrected chi connectivity index (χ2v) is 12.1. The van der Waals surface area contributed by atoms with E-state index >= 15 is 0 Å². The molecule has 2 aromatic carbocycles. The number of benzene rings is 2. The van der Waals surface area contributed by atoms with Crippen LogP contribution in [0.4, 0.5) is 11.4 Å². The van der Waals surface area contributed by atoms with Crippen molar-refractivity contribution in [1.82, 2.24) is 0 Å². The van der Waals surface area contributed by atoms with Crippen LogP contribution in [-0.4, -0.2) is 28.5 Å². The molecule has 3 rings (SSSR count). The Morgan fingerprint density at radius 1 is 1.03 bits per heavy atom. The fourth-order valence-electron chi connectivity index (χ4n) is 3.76. The lowest BCUT2D eigenvalue weighted by molar-refractivity contribution is -0.116. The minimum Gasteiger partial charge on any atom is -0.279 e. The third-order valence-corrected chi connectivity index (χ3v) is 8.37. The normalized spacial score (nSPS) is 16.7. The quantitative estimate of drug-likeness (QED) is 0.769. The average Bonchev–Trinajstić information content (AvgIpc) is 2.85. The molecular weight excluding hydrogens is 424 g/mol. The zero-order valence-electron chi connectivity index (χ0n) is 17.7. The van der Waals surface area contributed by atoms with Crippen molar-refractivity contribution >= 4 is 37.3 Å². The summed E-state index contributed by atoms with van der Waals surface area (Å²) in [4.78, 5) is 12.2. The molecule has 0 radical (unpaired) electrons. The summed E-state index contributed by atoms with van der Waals surface area (Å²) in [5, 5.41) is 0. The largest absolute Gasteiger partial charge is 0.279 e. The van der Waals surface area contributed by atoms with Gasteiger partial charge in [-0.2, -0.15) is 0 Å². The van der Waals surface area contributed by atoms with Gasteiger partial charge in [0.15, 0.2) is 0 Å². The molecule has 0 unspecified atom stereocenters. The van der Waals surface area contributed by atoms with E-state index in [-0.39, 0.29) is 28.2 Å². The molecule has 1 aliphatic heterocycles. The van der Waals surface area contributed by atoms with Crippen LogP contribution in [-0.2, 0) is 30.3 Å². The van der Waals surface area contributed by atoms with Crippen LogP contribution in [0.2, 0.25) is 0 Å². The number of hydrogen-bond donors (Lipinski definition) is 1. The van der Waals surface area contributed by atoms with E-state index in [1.807, 2.05) is 32.9 Å². The maximum absolute atomic E-state index is 13.2. The van der Waals surface area contributed by atoms with Gasteiger partial charge < -0.3 is 0 Å². The Bertz CT molecular complexity index is 1200. The Morgan fingerprint density at radius 3 is 2.10 bits per heavy atom. The molecule has 1 aliphatic rings. The lowest BCUT2D eigenvalue weighted by Crippen LogP contribution is -2.29. The van der Waals surface area contributed by atoms with Gasteiger partial charge >= 0.3 is 0 Å². The Hall–Kier alpha value is -2.39. The molecule has 0 bridgehead atoms. The Balaban J connectivity index is 2.06. The molecule has 1 fully saturated rings. The Kier molecular flexibility index (Phi) is 5.49. The van der Waals surface area contributed by atoms with Gasteiger partial charge in [0, 0.05) is 6.42 Å². The topological polar surface area (TPSA) is 101 Å². The summed E-state index contributed by atoms with van der Waals surface area (Å²) in [7, 11) is -7.67. The predicted octanol–water partition coefficient (Wildman–Crippen LogP) is 3.47. The van der Waals surface area contributed by atoms with Gasteiger partial charge in [-0.3, -0.25) is 9.52 Å². The zero-order valence-corrected chi connectivity index (χ0v) is 19.3. The summed E-state index contributed by atoms with van der Waals surface area (Å²) in [5.74, 6) is -0.753. The fourth-order valence-corrected chi connectivity index (χ4v) is 6.74. The maximum atomic E-state index is 13.2. The van der Waals surface area contributed by atoms with E-state index in [4.69, 9.17) is 0 Å². The van der Waals surface area contributed by atoms with Crippen LogP contribution < -0.4 is 9.03 Å². The number of carbonyl (C=O) groups is 1. The summed E-state index contributed by atoms with van der Waals surface area (Å²) >= 11 is 0. The number of rotatable bonds is 4. The van der Waals surface area contributed by atoms with Crippen molar-refractivity contribution in [2.45, 2.75) is 51.3 Å². The van der Waals surface area contributed by atoms with Gasteiger partial charge in [-0.25, -0.2) is 21.1 Å². The summed E-state index contributed by atoms with van der Waals surface area (Å²) < 4.78 is 54.4. The van der Waals surface area contributed by atoms with E-state index in [1.54, 1.807) is 26.0 Å². The molecule has 7 nitrogen and oxygen atoms in total. The molecule has 2 aromatic rings. The van der Waals surface area contributed by atoms with Crippen LogP contribution in [0.1, 0.15) is 43.9 Å². The molecule has 0 atom stereocenters. The Morgan fingerprint density at radius 2 is 1.60 bits per heavy atom. The van der Waals surface area contributed by atoms with E-state index in [0.717, 1.165) is 9.87 Å². The van der Waals surface area contributed by atoms with Gasteiger partial charge in [-0.1, -0.05) is 39.0 Å². The van der Waals surface area contributed by atoms with Crippen molar-refractivity contribution in [2.24, 2.45) is 0 Å². The molecule has 0 saturated carbocycles. The van der Waals surface area contributed by atoms with E-state index < -0.39 is 26.0 Å². The second kappa shape index (κ2) is 7.39. The number of sulfonamides is 2. The first kappa shape index (κ1) is 22.3. The fraction of sp³-hybridized carbons (Fsp3) is 0.381. The molecule has 1 N–H and O–H groups in total. The number of amides is 1. The number of para-hydroxylation sites is 1. The van der Waals surface area contributed by atoms with Crippen molar-refractivity contribution in [3.63, 3.8) is 0 Å². The molecular formula is C21H26N2O5S2. The van der Waals surface area contributed by atoms with Gasteiger partial charge in [0.2, 0.25) is 15.9 Å². The number of hydrogen-bond acceptors (Lipinski definition) is 5. The number of carbonyl (C=O) groups excluding carboxylic acids is 1. The van der Waals surface area contributed by atoms with Crippen molar-refractivity contribution in [3.8, 4) is 0 Å². The van der Waals surface area contributed by atoms with Crippen LogP contribution in [0.25, 0.3) is 0 Å². The maximum Gasteiger partial charge on any atom is 0.262 e. The van der Waals surface area contributed by atoms with Crippen LogP contribution in [0, 0.1) is 13.8 Å². The lowest BCUT2D eigenvalue weighted by Gasteiger charge is -2.24. The third kappa shape index (κ3) is 4.09. The SMILES string of the molecule is Cc1cc(N2C(=O)CCS2(=O)=O)cc(C)c1S(=O)(=O)Nc1ccccc1C(C)(C)C. The molecule has 162 valence electrons. The minimum absolute atomic E-state index is 0.0685. The van der Waals surface area contributed by atoms with Crippen molar-refractivity contribution < 1.29 is 21.6 Å². The standard InChI is InChI=1S/C21H26N2O5S2/c1-14-12-16(23-19(24)10-11-29(23,25)26)13-15(2)20(14)30(27,28)22-18-9-7-6-8-17(18)21(3,4)5/h6-9,12-13,22H,10-11H2,1-5H3. The smallest absolute Gasteiger partial charge is 0.262 e. The number of aryl methyl sites for hydroxylation is 2. The van der Waals surface area contributed by atoms with Crippen LogP contribution in [0.15, 0.2) is 41.3 Å². The minimum atomic E-state index is -3.94. The number of nitrogens with one attached hydrogen (secondary N) is 1. The number of anilines is 2. The molecule has 1 amide bonds. The van der Waals surface area contributed by atoms with Crippen LogP contribution in [0.3, 0.4) is 0 Å². The summed E-state index contributed by atoms with van der Waals surface area (Å²) in [6.07, 6.45) is -0.0778. The first-order valence-electron chi connectivity index (χ1n) is 9.53. The highest BCUT2D eigenvalue weighted by Crippen LogP contribution is 2.34. The summed E-state index contributed by atoms with van der Waals surface area (Å²) in [5.41, 5.74) is 1.97. The molecule has 1 heterocycles. The van der Waals surface area contributed by atoms with Gasteiger partial charge in [-0.05, 0) is 54.2 Å². The second-order valence-electron chi connectivity index (χ2n) is 8.53. The Labute approximate surface area is 178 Å². The van der Waals surface area contributed by atoms with Crippen molar-refractivity contribution in [2.75, 3.05) is 14.8 Å². The third-order valence-electron chi connectivity index (χ3n) is 5.01. The molecule has 0 aromatic heterocycles. The van der Waals surface area contributed by atoms with E-state index in [2.05, 4.69) is 4.72 Å². The molecule has 0 aliphatic carbocycles. The van der Waals surface area contributed by atoms with Gasteiger partial charge in [0.25, 0.3) is 10.0 Å². The summed E-state index contributed by atoms with van der Waals surface area (Å²) in [6.45, 7) is 9.18. The van der Waals surface area contributed by atoms with Crippen molar-refractivity contribution in [1.29, 1.82) is 0 Å². The van der Waals surface area contributed by atoms with E-state index in [1.165, 1.54) is 12.1 Å². The first-order chi connectivity index (χ1) is 13.7. The highest BCUT2D eigenvalue weighted by Gasteiger charge is 2.37. The van der Waals surface area contributed by atoms with Gasteiger partial charge in [-0.15, -0.1) is 0 Å². The van der Waals surface area contributed by atoms with Crippen molar-refractivity contribution in [3.05, 3.63) is 53.1 Å². The highest BCUT2D eigenvalue weighted by molar-refractivity contribution is 7.94.